The molecule has 2 aromatic rings. The second-order valence-corrected chi connectivity index (χ2v) is 4.32. The van der Waals surface area contributed by atoms with Crippen molar-refractivity contribution < 1.29 is 14.3 Å². The van der Waals surface area contributed by atoms with Crippen LogP contribution < -0.4 is 11.1 Å². The van der Waals surface area contributed by atoms with Crippen LogP contribution in [0.25, 0.3) is 0 Å². The first-order valence-corrected chi connectivity index (χ1v) is 6.15. The summed E-state index contributed by atoms with van der Waals surface area (Å²) >= 11 is 0. The third kappa shape index (κ3) is 3.13. The van der Waals surface area contributed by atoms with E-state index < -0.39 is 11.7 Å². The molecule has 0 aliphatic heterocycles. The Bertz CT molecular complexity index is 629. The van der Waals surface area contributed by atoms with Crippen LogP contribution in [0.2, 0.25) is 0 Å². The normalized spacial score (nSPS) is 10.3. The molecular weight excluding hydrogens is 259 g/mol. The Morgan fingerprint density at radius 1 is 1.20 bits per heavy atom. The minimum absolute atomic E-state index is 0.0385. The summed E-state index contributed by atoms with van der Waals surface area (Å²) in [6.45, 7) is 0.677. The molecule has 0 unspecified atom stereocenters. The minimum atomic E-state index is -0.590. The summed E-state index contributed by atoms with van der Waals surface area (Å²) in [4.78, 5) is 11.9. The highest BCUT2D eigenvalue weighted by Gasteiger charge is 2.12. The molecule has 1 amide bonds. The van der Waals surface area contributed by atoms with Crippen LogP contribution in [0.3, 0.4) is 0 Å². The van der Waals surface area contributed by atoms with Gasteiger partial charge in [-0.2, -0.15) is 0 Å². The number of phenols is 1. The molecule has 0 spiro atoms. The topological polar surface area (TPSA) is 75.3 Å². The van der Waals surface area contributed by atoms with Crippen LogP contribution >= 0.6 is 0 Å². The molecule has 0 fully saturated rings. The first-order chi connectivity index (χ1) is 9.61. The van der Waals surface area contributed by atoms with Crippen molar-refractivity contribution in [3.63, 3.8) is 0 Å². The first kappa shape index (κ1) is 14.0. The fourth-order valence-corrected chi connectivity index (χ4v) is 1.90. The minimum Gasteiger partial charge on any atom is -0.507 e. The second-order valence-electron chi connectivity index (χ2n) is 4.32. The summed E-state index contributed by atoms with van der Waals surface area (Å²) in [6, 6.07) is 10.8. The van der Waals surface area contributed by atoms with Crippen LogP contribution in [0, 0.1) is 5.82 Å². The second kappa shape index (κ2) is 6.16. The molecule has 0 bridgehead atoms. The number of carbonyl (C=O) groups excluding carboxylic acids is 1. The number of nitrogens with one attached hydrogen (secondary N) is 1. The van der Waals surface area contributed by atoms with Crippen molar-refractivity contribution >= 4 is 5.91 Å². The standard InChI is InChI=1S/C15H15FN2O2/c16-12-5-6-13(14(19)7-12)15(20)18-9-11-4-2-1-3-10(11)8-17/h1-7,19H,8-9,17H2,(H,18,20). The lowest BCUT2D eigenvalue weighted by molar-refractivity contribution is 0.0948. The van der Waals surface area contributed by atoms with E-state index in [2.05, 4.69) is 5.32 Å². The van der Waals surface area contributed by atoms with Gasteiger partial charge in [0.25, 0.3) is 5.91 Å². The number of nitrogens with two attached hydrogens (primary N) is 1. The molecule has 0 saturated carbocycles. The molecule has 0 saturated heterocycles. The predicted octanol–water partition coefficient (Wildman–Crippen LogP) is 1.92. The summed E-state index contributed by atoms with van der Waals surface area (Å²) in [5, 5.41) is 12.2. The number of benzene rings is 2. The number of hydrogen-bond acceptors (Lipinski definition) is 3. The van der Waals surface area contributed by atoms with Gasteiger partial charge in [-0.25, -0.2) is 4.39 Å². The molecule has 104 valence electrons. The van der Waals surface area contributed by atoms with E-state index in [0.29, 0.717) is 13.1 Å². The molecule has 0 aliphatic rings. The Morgan fingerprint density at radius 2 is 1.90 bits per heavy atom. The van der Waals surface area contributed by atoms with Crippen molar-refractivity contribution in [2.75, 3.05) is 0 Å². The van der Waals surface area contributed by atoms with Crippen LogP contribution in [0.1, 0.15) is 21.5 Å². The van der Waals surface area contributed by atoms with E-state index in [0.717, 1.165) is 23.3 Å². The largest absolute Gasteiger partial charge is 0.507 e. The third-order valence-corrected chi connectivity index (χ3v) is 2.98. The van der Waals surface area contributed by atoms with Gasteiger partial charge in [-0.1, -0.05) is 24.3 Å². The number of rotatable bonds is 4. The quantitative estimate of drug-likeness (QED) is 0.797. The molecule has 20 heavy (non-hydrogen) atoms. The van der Waals surface area contributed by atoms with Crippen molar-refractivity contribution in [1.82, 2.24) is 5.32 Å². The Labute approximate surface area is 116 Å². The van der Waals surface area contributed by atoms with Crippen molar-refractivity contribution in [3.05, 3.63) is 65.0 Å². The van der Waals surface area contributed by atoms with Crippen molar-refractivity contribution in [2.45, 2.75) is 13.1 Å². The lowest BCUT2D eigenvalue weighted by atomic mass is 10.1. The maximum atomic E-state index is 12.9. The fraction of sp³-hybridized carbons (Fsp3) is 0.133. The molecular formula is C15H15FN2O2. The maximum absolute atomic E-state index is 12.9. The molecule has 5 heteroatoms. The van der Waals surface area contributed by atoms with Crippen LogP contribution in [-0.2, 0) is 13.1 Å². The highest BCUT2D eigenvalue weighted by atomic mass is 19.1. The summed E-state index contributed by atoms with van der Waals surface area (Å²) < 4.78 is 12.9. The summed E-state index contributed by atoms with van der Waals surface area (Å²) in [6.07, 6.45) is 0. The predicted molar refractivity (Wildman–Crippen MR) is 73.6 cm³/mol. The number of hydrogen-bond donors (Lipinski definition) is 3. The molecule has 0 atom stereocenters. The summed E-state index contributed by atoms with van der Waals surface area (Å²) in [7, 11) is 0. The maximum Gasteiger partial charge on any atom is 0.255 e. The van der Waals surface area contributed by atoms with E-state index in [1.54, 1.807) is 0 Å². The Balaban J connectivity index is 2.09. The molecule has 2 aromatic carbocycles. The first-order valence-electron chi connectivity index (χ1n) is 6.15. The number of carbonyl (C=O) groups is 1. The number of halogens is 1. The van der Waals surface area contributed by atoms with Crippen LogP contribution in [-0.4, -0.2) is 11.0 Å². The SMILES string of the molecule is NCc1ccccc1CNC(=O)c1ccc(F)cc1O. The van der Waals surface area contributed by atoms with E-state index >= 15 is 0 Å². The van der Waals surface area contributed by atoms with Crippen LogP contribution in [0.4, 0.5) is 4.39 Å². The number of amides is 1. The Hall–Kier alpha value is -2.40. The van der Waals surface area contributed by atoms with Crippen LogP contribution in [0.5, 0.6) is 5.75 Å². The molecule has 0 heterocycles. The average Bonchev–Trinajstić information content (AvgIpc) is 2.45. The van der Waals surface area contributed by atoms with Crippen LogP contribution in [0.15, 0.2) is 42.5 Å². The van der Waals surface area contributed by atoms with Gasteiger partial charge in [0.1, 0.15) is 11.6 Å². The van der Waals surface area contributed by atoms with E-state index in [1.807, 2.05) is 24.3 Å². The lowest BCUT2D eigenvalue weighted by Crippen LogP contribution is -2.23. The Morgan fingerprint density at radius 3 is 2.55 bits per heavy atom. The van der Waals surface area contributed by atoms with Crippen molar-refractivity contribution in [1.29, 1.82) is 0 Å². The molecule has 2 rings (SSSR count). The smallest absolute Gasteiger partial charge is 0.255 e. The van der Waals surface area contributed by atoms with Gasteiger partial charge in [0.2, 0.25) is 0 Å². The molecule has 4 N–H and O–H groups in total. The van der Waals surface area contributed by atoms with Gasteiger partial charge in [-0.3, -0.25) is 4.79 Å². The van der Waals surface area contributed by atoms with Crippen molar-refractivity contribution in [3.8, 4) is 5.75 Å². The number of phenolic OH excluding ortho intramolecular Hbond substituents is 1. The average molecular weight is 274 g/mol. The zero-order chi connectivity index (χ0) is 14.5. The zero-order valence-corrected chi connectivity index (χ0v) is 10.8. The van der Waals surface area contributed by atoms with Gasteiger partial charge in [0.15, 0.2) is 0 Å². The van der Waals surface area contributed by atoms with Gasteiger partial charge in [-0.05, 0) is 23.3 Å². The zero-order valence-electron chi connectivity index (χ0n) is 10.8. The van der Waals surface area contributed by atoms with Gasteiger partial charge in [-0.15, -0.1) is 0 Å². The lowest BCUT2D eigenvalue weighted by Gasteiger charge is -2.10. The third-order valence-electron chi connectivity index (χ3n) is 2.98. The van der Waals surface area contributed by atoms with E-state index in [1.165, 1.54) is 6.07 Å². The fourth-order valence-electron chi connectivity index (χ4n) is 1.90. The molecule has 0 aliphatic carbocycles. The monoisotopic (exact) mass is 274 g/mol. The van der Waals surface area contributed by atoms with E-state index in [4.69, 9.17) is 5.73 Å². The highest BCUT2D eigenvalue weighted by Crippen LogP contribution is 2.18. The van der Waals surface area contributed by atoms with Crippen molar-refractivity contribution in [2.24, 2.45) is 5.73 Å². The molecule has 0 radical (unpaired) electrons. The van der Waals surface area contributed by atoms with Gasteiger partial charge >= 0.3 is 0 Å². The van der Waals surface area contributed by atoms with Gasteiger partial charge in [0.05, 0.1) is 5.56 Å². The Kier molecular flexibility index (Phi) is 4.32. The molecule has 4 nitrogen and oxygen atoms in total. The van der Waals surface area contributed by atoms with Gasteiger partial charge < -0.3 is 16.2 Å². The highest BCUT2D eigenvalue weighted by molar-refractivity contribution is 5.96. The molecule has 0 aromatic heterocycles. The van der Waals surface area contributed by atoms with Gasteiger partial charge in [0, 0.05) is 19.2 Å². The van der Waals surface area contributed by atoms with E-state index in [9.17, 15) is 14.3 Å². The summed E-state index contributed by atoms with van der Waals surface area (Å²) in [5.74, 6) is -1.43. The number of aromatic hydroxyl groups is 1. The summed E-state index contributed by atoms with van der Waals surface area (Å²) in [5.41, 5.74) is 7.50. The van der Waals surface area contributed by atoms with E-state index in [-0.39, 0.29) is 11.3 Å².